The zero-order valence-electron chi connectivity index (χ0n) is 20.3. The lowest BCUT2D eigenvalue weighted by Gasteiger charge is -2.33. The predicted octanol–water partition coefficient (Wildman–Crippen LogP) is 4.96. The minimum Gasteiger partial charge on any atom is -0.490 e. The van der Waals surface area contributed by atoms with Gasteiger partial charge in [-0.2, -0.15) is 13.2 Å². The first-order chi connectivity index (χ1) is 17.3. The van der Waals surface area contributed by atoms with Crippen LogP contribution in [0.15, 0.2) is 54.6 Å². The maximum Gasteiger partial charge on any atom is 0.416 e. The molecular weight excluding hydrogens is 469 g/mol. The van der Waals surface area contributed by atoms with Gasteiger partial charge >= 0.3 is 6.18 Å². The number of amides is 1. The molecule has 1 unspecified atom stereocenters. The van der Waals surface area contributed by atoms with Crippen molar-refractivity contribution >= 4 is 12.0 Å². The van der Waals surface area contributed by atoms with Gasteiger partial charge in [0.05, 0.1) is 5.56 Å². The Morgan fingerprint density at radius 1 is 1.06 bits per heavy atom. The number of halogens is 3. The smallest absolute Gasteiger partial charge is 0.416 e. The summed E-state index contributed by atoms with van der Waals surface area (Å²) >= 11 is 0. The number of ether oxygens (including phenoxy) is 1. The molecule has 0 radical (unpaired) electrons. The largest absolute Gasteiger partial charge is 0.490 e. The Labute approximate surface area is 210 Å². The van der Waals surface area contributed by atoms with Crippen molar-refractivity contribution in [1.82, 2.24) is 9.80 Å². The second-order valence-corrected chi connectivity index (χ2v) is 9.57. The van der Waals surface area contributed by atoms with E-state index in [0.29, 0.717) is 25.4 Å². The molecule has 2 aromatic rings. The summed E-state index contributed by atoms with van der Waals surface area (Å²) in [4.78, 5) is 16.3. The van der Waals surface area contributed by atoms with Crippen LogP contribution < -0.4 is 4.74 Å². The molecule has 36 heavy (non-hydrogen) atoms. The molecule has 1 atom stereocenters. The molecule has 194 valence electrons. The van der Waals surface area contributed by atoms with E-state index in [1.807, 2.05) is 29.2 Å². The van der Waals surface area contributed by atoms with Crippen LogP contribution in [0.2, 0.25) is 0 Å². The number of piperidine rings is 1. The van der Waals surface area contributed by atoms with Crippen molar-refractivity contribution in [3.05, 3.63) is 71.3 Å². The fourth-order valence-corrected chi connectivity index (χ4v) is 4.91. The lowest BCUT2D eigenvalue weighted by atomic mass is 9.88. The van der Waals surface area contributed by atoms with Gasteiger partial charge in [-0.1, -0.05) is 36.4 Å². The van der Waals surface area contributed by atoms with Crippen molar-refractivity contribution in [1.29, 1.82) is 0 Å². The molecule has 5 nitrogen and oxygen atoms in total. The highest BCUT2D eigenvalue weighted by Crippen LogP contribution is 2.34. The van der Waals surface area contributed by atoms with Crippen molar-refractivity contribution in [2.75, 3.05) is 39.3 Å². The van der Waals surface area contributed by atoms with E-state index in [0.717, 1.165) is 56.0 Å². The van der Waals surface area contributed by atoms with Gasteiger partial charge in [0.2, 0.25) is 5.91 Å². The van der Waals surface area contributed by atoms with Gasteiger partial charge in [0.1, 0.15) is 18.5 Å². The van der Waals surface area contributed by atoms with Gasteiger partial charge in [0.15, 0.2) is 0 Å². The highest BCUT2D eigenvalue weighted by atomic mass is 19.4. The Bertz CT molecular complexity index is 1040. The van der Waals surface area contributed by atoms with E-state index in [4.69, 9.17) is 4.74 Å². The van der Waals surface area contributed by atoms with Crippen molar-refractivity contribution in [3.63, 3.8) is 0 Å². The normalized spacial score (nSPS) is 18.6. The van der Waals surface area contributed by atoms with E-state index in [2.05, 4.69) is 4.90 Å². The number of β-amino-alcohol motifs (C(OH)–C–C–N with tert-alkyl or cyclic N) is 1. The van der Waals surface area contributed by atoms with Gasteiger partial charge in [0, 0.05) is 31.3 Å². The molecule has 0 bridgehead atoms. The van der Waals surface area contributed by atoms with Crippen molar-refractivity contribution in [3.8, 4) is 5.75 Å². The minimum atomic E-state index is -4.33. The molecule has 2 saturated heterocycles. The number of hydrogen-bond donors (Lipinski definition) is 1. The predicted molar refractivity (Wildman–Crippen MR) is 133 cm³/mol. The number of carbonyl (C=O) groups excluding carboxylic acids is 1. The number of benzene rings is 2. The second-order valence-electron chi connectivity index (χ2n) is 9.57. The molecule has 8 heteroatoms. The molecule has 4 rings (SSSR count). The highest BCUT2D eigenvalue weighted by molar-refractivity contribution is 5.92. The maximum absolute atomic E-state index is 13.0. The van der Waals surface area contributed by atoms with Gasteiger partial charge in [-0.05, 0) is 68.5 Å². The van der Waals surface area contributed by atoms with Crippen LogP contribution in [0.25, 0.3) is 6.08 Å². The minimum absolute atomic E-state index is 0.00382. The van der Waals surface area contributed by atoms with Crippen molar-refractivity contribution < 1.29 is 27.8 Å². The first-order valence-electron chi connectivity index (χ1n) is 12.6. The lowest BCUT2D eigenvalue weighted by Crippen LogP contribution is -2.40. The van der Waals surface area contributed by atoms with E-state index in [9.17, 15) is 23.1 Å². The fourth-order valence-electron chi connectivity index (χ4n) is 4.91. The number of aliphatic hydroxyl groups excluding tert-OH is 1. The Balaban J connectivity index is 1.24. The number of hydrogen-bond acceptors (Lipinski definition) is 4. The van der Waals surface area contributed by atoms with E-state index < -0.39 is 17.8 Å². The Kier molecular flexibility index (Phi) is 8.69. The summed E-state index contributed by atoms with van der Waals surface area (Å²) in [6, 6.07) is 13.0. The summed E-state index contributed by atoms with van der Waals surface area (Å²) in [6.45, 7) is 3.54. The van der Waals surface area contributed by atoms with Crippen LogP contribution in [-0.4, -0.2) is 66.2 Å². The summed E-state index contributed by atoms with van der Waals surface area (Å²) in [5.41, 5.74) is 0.894. The molecule has 2 aliphatic heterocycles. The SMILES string of the molecule is O=C(C=Cc1ccccc1OCC(O)CN1CCC(c2cccc(C(F)(F)F)c2)CC1)N1CCCC1. The third kappa shape index (κ3) is 7.11. The third-order valence-corrected chi connectivity index (χ3v) is 6.92. The number of alkyl halides is 3. The summed E-state index contributed by atoms with van der Waals surface area (Å²) in [6.07, 6.45) is 1.85. The van der Waals surface area contributed by atoms with Gasteiger partial charge in [0.25, 0.3) is 0 Å². The van der Waals surface area contributed by atoms with Gasteiger partial charge in [-0.25, -0.2) is 0 Å². The monoisotopic (exact) mass is 502 g/mol. The average molecular weight is 503 g/mol. The zero-order valence-corrected chi connectivity index (χ0v) is 20.3. The number of carbonyl (C=O) groups is 1. The number of nitrogens with zero attached hydrogens (tertiary/aromatic N) is 2. The molecule has 2 fully saturated rings. The summed E-state index contributed by atoms with van der Waals surface area (Å²) in [5.74, 6) is 0.681. The van der Waals surface area contributed by atoms with Crippen LogP contribution in [0.5, 0.6) is 5.75 Å². The molecule has 0 saturated carbocycles. The number of rotatable bonds is 8. The number of para-hydroxylation sites is 1. The zero-order chi connectivity index (χ0) is 25.5. The van der Waals surface area contributed by atoms with E-state index >= 15 is 0 Å². The van der Waals surface area contributed by atoms with Crippen molar-refractivity contribution in [2.24, 2.45) is 0 Å². The first kappa shape index (κ1) is 26.2. The standard InChI is InChI=1S/C28H33F3N2O3/c29-28(30,31)24-8-5-7-23(18-24)21-12-16-32(17-13-21)19-25(34)20-36-26-9-2-1-6-22(26)10-11-27(35)33-14-3-4-15-33/h1-2,5-11,18,21,25,34H,3-4,12-17,19-20H2. The molecular formula is C28H33F3N2O3. The average Bonchev–Trinajstić information content (AvgIpc) is 3.42. The summed E-state index contributed by atoms with van der Waals surface area (Å²) < 4.78 is 45.0. The fraction of sp³-hybridized carbons (Fsp3) is 0.464. The Morgan fingerprint density at radius 3 is 2.50 bits per heavy atom. The first-order valence-corrected chi connectivity index (χ1v) is 12.6. The number of aliphatic hydroxyl groups is 1. The topological polar surface area (TPSA) is 53.0 Å². The molecule has 0 aromatic heterocycles. The molecule has 1 amide bonds. The second kappa shape index (κ2) is 11.9. The van der Waals surface area contributed by atoms with Crippen LogP contribution in [0.1, 0.15) is 48.3 Å². The molecule has 2 aromatic carbocycles. The van der Waals surface area contributed by atoms with Crippen LogP contribution >= 0.6 is 0 Å². The Hall–Kier alpha value is -2.84. The Morgan fingerprint density at radius 2 is 1.78 bits per heavy atom. The van der Waals surface area contributed by atoms with Gasteiger partial charge in [-0.3, -0.25) is 4.79 Å². The van der Waals surface area contributed by atoms with Crippen LogP contribution in [-0.2, 0) is 11.0 Å². The quantitative estimate of drug-likeness (QED) is 0.519. The molecule has 0 spiro atoms. The maximum atomic E-state index is 13.0. The van der Waals surface area contributed by atoms with E-state index in [1.54, 1.807) is 18.2 Å². The molecule has 1 N–H and O–H groups in total. The molecule has 2 aliphatic rings. The van der Waals surface area contributed by atoms with E-state index in [-0.39, 0.29) is 18.4 Å². The lowest BCUT2D eigenvalue weighted by molar-refractivity contribution is -0.137. The summed E-state index contributed by atoms with van der Waals surface area (Å²) in [5, 5.41) is 10.6. The van der Waals surface area contributed by atoms with E-state index in [1.165, 1.54) is 12.1 Å². The molecule has 0 aliphatic carbocycles. The third-order valence-electron chi connectivity index (χ3n) is 6.92. The van der Waals surface area contributed by atoms with Gasteiger partial charge < -0.3 is 19.6 Å². The van der Waals surface area contributed by atoms with Gasteiger partial charge in [-0.15, -0.1) is 0 Å². The van der Waals surface area contributed by atoms with Crippen molar-refractivity contribution in [2.45, 2.75) is 43.9 Å². The van der Waals surface area contributed by atoms with Crippen LogP contribution in [0, 0.1) is 0 Å². The molecule has 2 heterocycles. The van der Waals surface area contributed by atoms with Crippen LogP contribution in [0.3, 0.4) is 0 Å². The summed E-state index contributed by atoms with van der Waals surface area (Å²) in [7, 11) is 0. The highest BCUT2D eigenvalue weighted by Gasteiger charge is 2.31. The number of likely N-dealkylation sites (tertiary alicyclic amines) is 2. The van der Waals surface area contributed by atoms with Crippen LogP contribution in [0.4, 0.5) is 13.2 Å².